The smallest absolute Gasteiger partial charge is 0.244 e. The van der Waals surface area contributed by atoms with Crippen molar-refractivity contribution in [2.24, 2.45) is 0 Å². The Morgan fingerprint density at radius 3 is 2.23 bits per heavy atom. The molecule has 0 aliphatic carbocycles. The van der Waals surface area contributed by atoms with Gasteiger partial charge in [-0.05, 0) is 25.0 Å². The van der Waals surface area contributed by atoms with Gasteiger partial charge in [0.15, 0.2) is 0 Å². The zero-order valence-corrected chi connectivity index (χ0v) is 17.1. The molecule has 1 saturated heterocycles. The van der Waals surface area contributed by atoms with Gasteiger partial charge in [-0.25, -0.2) is 21.6 Å². The minimum atomic E-state index is -3.92. The maximum Gasteiger partial charge on any atom is 0.244 e. The van der Waals surface area contributed by atoms with Crippen LogP contribution in [0.1, 0.15) is 12.8 Å². The fraction of sp³-hybridized carbons (Fsp3) is 0.600. The van der Waals surface area contributed by atoms with Crippen molar-refractivity contribution < 1.29 is 21.6 Å². The van der Waals surface area contributed by atoms with Crippen LogP contribution >= 0.6 is 12.4 Å². The molecule has 0 spiro atoms. The molecule has 150 valence electrons. The highest BCUT2D eigenvalue weighted by molar-refractivity contribution is 7.92. The van der Waals surface area contributed by atoms with Crippen LogP contribution in [-0.4, -0.2) is 67.6 Å². The first kappa shape index (κ1) is 23.3. The van der Waals surface area contributed by atoms with Crippen LogP contribution in [-0.2, 0) is 24.8 Å². The van der Waals surface area contributed by atoms with Crippen LogP contribution in [0, 0.1) is 0 Å². The zero-order valence-electron chi connectivity index (χ0n) is 14.7. The van der Waals surface area contributed by atoms with Crippen molar-refractivity contribution in [2.75, 3.05) is 46.4 Å². The van der Waals surface area contributed by atoms with Crippen molar-refractivity contribution in [3.8, 4) is 0 Å². The Bertz CT molecular complexity index is 765. The molecule has 0 unspecified atom stereocenters. The second kappa shape index (κ2) is 10.5. The average molecular weight is 428 g/mol. The van der Waals surface area contributed by atoms with Gasteiger partial charge < -0.3 is 10.1 Å². The van der Waals surface area contributed by atoms with Crippen LogP contribution in [0.4, 0.5) is 0 Å². The summed E-state index contributed by atoms with van der Waals surface area (Å²) in [5.41, 5.74) is 0. The number of ether oxygens (including phenoxy) is 1. The van der Waals surface area contributed by atoms with E-state index >= 15 is 0 Å². The fourth-order valence-corrected chi connectivity index (χ4v) is 5.96. The number of benzene rings is 1. The number of nitrogens with zero attached hydrogens (tertiary/aromatic N) is 1. The minimum Gasteiger partial charge on any atom is -0.383 e. The predicted octanol–water partition coefficient (Wildman–Crippen LogP) is 0.407. The molecule has 0 saturated carbocycles. The Kier molecular flexibility index (Phi) is 9.45. The van der Waals surface area contributed by atoms with Crippen molar-refractivity contribution in [3.63, 3.8) is 0 Å². The molecule has 11 heteroatoms. The van der Waals surface area contributed by atoms with E-state index in [1.54, 1.807) is 7.11 Å². The van der Waals surface area contributed by atoms with Gasteiger partial charge in [0.05, 0.1) is 6.61 Å². The molecule has 1 heterocycles. The minimum absolute atomic E-state index is 0. The van der Waals surface area contributed by atoms with E-state index in [0.29, 0.717) is 32.8 Å². The highest BCUT2D eigenvalue weighted by Gasteiger charge is 2.32. The summed E-state index contributed by atoms with van der Waals surface area (Å²) in [5, 5.41) is 3.02. The third-order valence-electron chi connectivity index (χ3n) is 3.90. The van der Waals surface area contributed by atoms with Crippen molar-refractivity contribution in [1.82, 2.24) is 14.3 Å². The Hall–Kier alpha value is -0.750. The summed E-state index contributed by atoms with van der Waals surface area (Å²) in [4.78, 5) is -0.379. The van der Waals surface area contributed by atoms with E-state index in [0.717, 1.165) is 12.8 Å². The molecule has 26 heavy (non-hydrogen) atoms. The van der Waals surface area contributed by atoms with E-state index in [4.69, 9.17) is 4.74 Å². The summed E-state index contributed by atoms with van der Waals surface area (Å²) < 4.78 is 59.3. The van der Waals surface area contributed by atoms with Crippen LogP contribution in [0.15, 0.2) is 34.1 Å². The van der Waals surface area contributed by atoms with Gasteiger partial charge in [-0.2, -0.15) is 4.31 Å². The van der Waals surface area contributed by atoms with Crippen LogP contribution in [0.25, 0.3) is 0 Å². The molecule has 1 aromatic rings. The molecule has 8 nitrogen and oxygen atoms in total. The van der Waals surface area contributed by atoms with E-state index in [9.17, 15) is 16.8 Å². The molecule has 0 atom stereocenters. The van der Waals surface area contributed by atoms with Crippen LogP contribution in [0.3, 0.4) is 0 Å². The molecule has 0 aromatic heterocycles. The predicted molar refractivity (Wildman–Crippen MR) is 102 cm³/mol. The summed E-state index contributed by atoms with van der Waals surface area (Å²) >= 11 is 0. The van der Waals surface area contributed by atoms with Gasteiger partial charge in [-0.3, -0.25) is 0 Å². The number of halogens is 1. The SMILES string of the molecule is COCCNCCNS(=O)(=O)c1ccccc1S(=O)(=O)N1CCCC1.Cl. The molecule has 1 aromatic carbocycles. The summed E-state index contributed by atoms with van der Waals surface area (Å²) in [6, 6.07) is 5.73. The molecule has 1 fully saturated rings. The molecule has 1 aliphatic rings. The van der Waals surface area contributed by atoms with E-state index in [-0.39, 0.29) is 28.7 Å². The monoisotopic (exact) mass is 427 g/mol. The second-order valence-corrected chi connectivity index (χ2v) is 9.34. The van der Waals surface area contributed by atoms with Gasteiger partial charge >= 0.3 is 0 Å². The van der Waals surface area contributed by atoms with Crippen LogP contribution < -0.4 is 10.0 Å². The number of rotatable bonds is 10. The maximum atomic E-state index is 12.8. The summed E-state index contributed by atoms with van der Waals surface area (Å²) in [5.74, 6) is 0. The Morgan fingerprint density at radius 2 is 1.62 bits per heavy atom. The number of hydrogen-bond acceptors (Lipinski definition) is 6. The van der Waals surface area contributed by atoms with Gasteiger partial charge in [-0.1, -0.05) is 12.1 Å². The van der Waals surface area contributed by atoms with Crippen molar-refractivity contribution in [3.05, 3.63) is 24.3 Å². The first-order valence-electron chi connectivity index (χ1n) is 8.18. The first-order valence-corrected chi connectivity index (χ1v) is 11.1. The van der Waals surface area contributed by atoms with E-state index < -0.39 is 20.0 Å². The van der Waals surface area contributed by atoms with E-state index in [1.165, 1.54) is 28.6 Å². The number of hydrogen-bond donors (Lipinski definition) is 2. The highest BCUT2D eigenvalue weighted by Crippen LogP contribution is 2.26. The second-order valence-electron chi connectivity index (χ2n) is 5.70. The Labute approximate surface area is 161 Å². The van der Waals surface area contributed by atoms with Crippen molar-refractivity contribution in [2.45, 2.75) is 22.6 Å². The van der Waals surface area contributed by atoms with E-state index in [1.807, 2.05) is 0 Å². The van der Waals surface area contributed by atoms with Gasteiger partial charge in [0.25, 0.3) is 0 Å². The van der Waals surface area contributed by atoms with Gasteiger partial charge in [-0.15, -0.1) is 12.4 Å². The standard InChI is InChI=1S/C15H25N3O5S2.ClH/c1-23-13-10-16-8-9-17-24(19,20)14-6-2-3-7-15(14)25(21,22)18-11-4-5-12-18;/h2-3,6-7,16-17H,4-5,8-13H2,1H3;1H. The Balaban J connectivity index is 0.00000338. The third-order valence-corrected chi connectivity index (χ3v) is 7.50. The van der Waals surface area contributed by atoms with Crippen molar-refractivity contribution >= 4 is 32.5 Å². The molecule has 0 radical (unpaired) electrons. The van der Waals surface area contributed by atoms with Crippen LogP contribution in [0.5, 0.6) is 0 Å². The normalized spacial score (nSPS) is 15.7. The molecule has 1 aliphatic heterocycles. The molecular weight excluding hydrogens is 402 g/mol. The summed E-state index contributed by atoms with van der Waals surface area (Å²) in [6.07, 6.45) is 1.58. The van der Waals surface area contributed by atoms with Gasteiger partial charge in [0, 0.05) is 39.8 Å². The lowest BCUT2D eigenvalue weighted by Gasteiger charge is -2.18. The van der Waals surface area contributed by atoms with Crippen LogP contribution in [0.2, 0.25) is 0 Å². The topological polar surface area (TPSA) is 105 Å². The molecule has 0 bridgehead atoms. The quantitative estimate of drug-likeness (QED) is 0.524. The van der Waals surface area contributed by atoms with Gasteiger partial charge in [0.1, 0.15) is 9.79 Å². The van der Waals surface area contributed by atoms with Gasteiger partial charge in [0.2, 0.25) is 20.0 Å². The lowest BCUT2D eigenvalue weighted by molar-refractivity contribution is 0.199. The number of nitrogens with one attached hydrogen (secondary N) is 2. The number of methoxy groups -OCH3 is 1. The third kappa shape index (κ3) is 5.88. The number of sulfonamides is 2. The zero-order chi connectivity index (χ0) is 18.3. The molecule has 0 amide bonds. The molecule has 2 rings (SSSR count). The van der Waals surface area contributed by atoms with E-state index in [2.05, 4.69) is 10.0 Å². The highest BCUT2D eigenvalue weighted by atomic mass is 35.5. The average Bonchev–Trinajstić information content (AvgIpc) is 3.13. The largest absolute Gasteiger partial charge is 0.383 e. The first-order chi connectivity index (χ1) is 11.9. The summed E-state index contributed by atoms with van der Waals surface area (Å²) in [6.45, 7) is 2.57. The maximum absolute atomic E-state index is 12.8. The summed E-state index contributed by atoms with van der Waals surface area (Å²) in [7, 11) is -6.15. The fourth-order valence-electron chi connectivity index (χ4n) is 2.60. The lowest BCUT2D eigenvalue weighted by atomic mass is 10.4. The Morgan fingerprint density at radius 1 is 1.00 bits per heavy atom. The molecule has 2 N–H and O–H groups in total. The molecular formula is C15H26ClN3O5S2. The van der Waals surface area contributed by atoms with Crippen molar-refractivity contribution in [1.29, 1.82) is 0 Å². The lowest BCUT2D eigenvalue weighted by Crippen LogP contribution is -2.35.